The molecule has 3 aromatic rings. The van der Waals surface area contributed by atoms with Crippen molar-refractivity contribution >= 4 is 46.9 Å². The molecule has 0 amide bonds. The molecule has 11 heteroatoms. The van der Waals surface area contributed by atoms with E-state index in [0.29, 0.717) is 35.3 Å². The highest BCUT2D eigenvalue weighted by Crippen LogP contribution is 2.38. The minimum absolute atomic E-state index is 0.0515. The summed E-state index contributed by atoms with van der Waals surface area (Å²) in [6, 6.07) is 7.75. The molecule has 32 heavy (non-hydrogen) atoms. The third-order valence-corrected chi connectivity index (χ3v) is 5.57. The number of aliphatic hydroxyl groups is 1. The molecule has 0 saturated carbocycles. The quantitative estimate of drug-likeness (QED) is 0.234. The van der Waals surface area contributed by atoms with Crippen LogP contribution in [0.25, 0.3) is 10.9 Å². The largest absolute Gasteiger partial charge is 0.456 e. The number of nitrogens with zero attached hydrogens (tertiary/aromatic N) is 2. The monoisotopic (exact) mass is 486 g/mol. The average Bonchev–Trinajstić information content (AvgIpc) is 2.69. The van der Waals surface area contributed by atoms with Gasteiger partial charge in [0.05, 0.1) is 21.0 Å². The number of alkyl halides is 3. The zero-order valence-corrected chi connectivity index (χ0v) is 18.7. The van der Waals surface area contributed by atoms with E-state index >= 15 is 0 Å². The molecule has 1 atom stereocenters. The van der Waals surface area contributed by atoms with Crippen molar-refractivity contribution in [2.75, 3.05) is 17.7 Å². The van der Waals surface area contributed by atoms with Gasteiger partial charge in [0.15, 0.2) is 0 Å². The number of nitrogen functional groups attached to an aromatic ring is 1. The number of nitrogens with one attached hydrogen (secondary N) is 1. The lowest BCUT2D eigenvalue weighted by Crippen LogP contribution is -2.33. The maximum Gasteiger partial charge on any atom is 0.416 e. The summed E-state index contributed by atoms with van der Waals surface area (Å²) < 4.78 is 44.3. The van der Waals surface area contributed by atoms with Crippen molar-refractivity contribution in [2.24, 2.45) is 0 Å². The number of halogens is 4. The number of fused-ring (bicyclic) bond motifs is 1. The summed E-state index contributed by atoms with van der Waals surface area (Å²) >= 11 is 10.7. The fourth-order valence-electron chi connectivity index (χ4n) is 3.24. The lowest BCUT2D eigenvalue weighted by Gasteiger charge is -2.30. The van der Waals surface area contributed by atoms with Gasteiger partial charge in [-0.05, 0) is 42.8 Å². The number of thiol groups is 1. The highest BCUT2D eigenvalue weighted by molar-refractivity contribution is 7.82. The van der Waals surface area contributed by atoms with Gasteiger partial charge in [-0.3, -0.25) is 0 Å². The zero-order valence-electron chi connectivity index (χ0n) is 17.1. The molecule has 0 bridgehead atoms. The molecule has 0 spiro atoms. The molecule has 1 aromatic heterocycles. The average molecular weight is 487 g/mol. The van der Waals surface area contributed by atoms with E-state index in [4.69, 9.17) is 22.1 Å². The van der Waals surface area contributed by atoms with Crippen molar-refractivity contribution in [2.45, 2.75) is 37.2 Å². The van der Waals surface area contributed by atoms with Crippen LogP contribution in [-0.2, 0) is 6.18 Å². The summed E-state index contributed by atoms with van der Waals surface area (Å²) in [5.41, 5.74) is 5.51. The molecule has 0 saturated heterocycles. The van der Waals surface area contributed by atoms with Crippen LogP contribution < -0.4 is 15.8 Å². The van der Waals surface area contributed by atoms with E-state index in [1.54, 1.807) is 18.2 Å². The van der Waals surface area contributed by atoms with Gasteiger partial charge >= 0.3 is 6.18 Å². The summed E-state index contributed by atoms with van der Waals surface area (Å²) in [6.07, 6.45) is -2.67. The second-order valence-electron chi connectivity index (χ2n) is 7.23. The SMILES string of the molecule is CCC[C@](S)(CCO)Nc1nc(N)nc2ccc(Oc3ccc(C(F)(F)F)cc3Cl)cc12. The first-order chi connectivity index (χ1) is 15.0. The topological polar surface area (TPSA) is 93.3 Å². The summed E-state index contributed by atoms with van der Waals surface area (Å²) in [7, 11) is 0. The van der Waals surface area contributed by atoms with Crippen LogP contribution in [0.3, 0.4) is 0 Å². The standard InChI is InChI=1S/C21H22ClF3N4O2S/c1-2-7-20(32,8-9-30)29-18-14-11-13(4-5-16(14)27-19(26)28-18)31-17-6-3-12(10-15(17)22)21(23,24)25/h3-6,10-11,30,32H,2,7-9H2,1H3,(H3,26,27,28,29)/t20-/m0/s1. The van der Waals surface area contributed by atoms with Gasteiger partial charge in [-0.1, -0.05) is 24.9 Å². The molecule has 2 aromatic carbocycles. The Morgan fingerprint density at radius 1 is 1.16 bits per heavy atom. The molecular weight excluding hydrogens is 465 g/mol. The molecular formula is C21H22ClF3N4O2S. The second kappa shape index (κ2) is 9.60. The van der Waals surface area contributed by atoms with E-state index in [-0.39, 0.29) is 23.3 Å². The summed E-state index contributed by atoms with van der Waals surface area (Å²) in [6.45, 7) is 1.92. The fourth-order valence-corrected chi connectivity index (χ4v) is 3.89. The van der Waals surface area contributed by atoms with Crippen molar-refractivity contribution in [1.82, 2.24) is 9.97 Å². The molecule has 1 heterocycles. The van der Waals surface area contributed by atoms with Crippen LogP contribution in [0.1, 0.15) is 31.7 Å². The van der Waals surface area contributed by atoms with Crippen LogP contribution in [0.2, 0.25) is 5.02 Å². The first-order valence-corrected chi connectivity index (χ1v) is 10.6. The van der Waals surface area contributed by atoms with Crippen molar-refractivity contribution in [3.63, 3.8) is 0 Å². The minimum atomic E-state index is -4.50. The number of anilines is 2. The van der Waals surface area contributed by atoms with Gasteiger partial charge in [0.2, 0.25) is 5.95 Å². The maximum absolute atomic E-state index is 12.9. The van der Waals surface area contributed by atoms with E-state index in [1.807, 2.05) is 6.92 Å². The van der Waals surface area contributed by atoms with Crippen molar-refractivity contribution in [3.05, 3.63) is 47.0 Å². The third kappa shape index (κ3) is 5.67. The smallest absolute Gasteiger partial charge is 0.416 e. The van der Waals surface area contributed by atoms with Gasteiger partial charge in [-0.15, -0.1) is 0 Å². The van der Waals surface area contributed by atoms with Crippen LogP contribution in [0.15, 0.2) is 36.4 Å². The Labute approximate surface area is 193 Å². The Balaban J connectivity index is 1.97. The second-order valence-corrected chi connectivity index (χ2v) is 8.50. The molecule has 0 aliphatic carbocycles. The van der Waals surface area contributed by atoms with E-state index < -0.39 is 16.6 Å². The van der Waals surface area contributed by atoms with Crippen molar-refractivity contribution in [3.8, 4) is 11.5 Å². The van der Waals surface area contributed by atoms with Crippen LogP contribution in [-0.4, -0.2) is 26.6 Å². The zero-order chi connectivity index (χ0) is 23.5. The number of aliphatic hydroxyl groups excluding tert-OH is 1. The Kier molecular flexibility index (Phi) is 7.26. The van der Waals surface area contributed by atoms with Crippen LogP contribution in [0, 0.1) is 0 Å². The van der Waals surface area contributed by atoms with Crippen LogP contribution in [0.5, 0.6) is 11.5 Å². The van der Waals surface area contributed by atoms with Crippen molar-refractivity contribution in [1.29, 1.82) is 0 Å². The molecule has 172 valence electrons. The number of aromatic nitrogens is 2. The highest BCUT2D eigenvalue weighted by Gasteiger charge is 2.31. The molecule has 6 nitrogen and oxygen atoms in total. The lowest BCUT2D eigenvalue weighted by atomic mass is 10.1. The molecule has 0 aliphatic rings. The molecule has 0 unspecified atom stereocenters. The Morgan fingerprint density at radius 2 is 1.91 bits per heavy atom. The van der Waals surface area contributed by atoms with Crippen LogP contribution in [0.4, 0.5) is 24.9 Å². The number of rotatable bonds is 8. The maximum atomic E-state index is 12.9. The van der Waals surface area contributed by atoms with E-state index in [0.717, 1.165) is 24.6 Å². The summed E-state index contributed by atoms with van der Waals surface area (Å²) in [5, 5.41) is 13.1. The minimum Gasteiger partial charge on any atom is -0.456 e. The predicted octanol–water partition coefficient (Wildman–Crippen LogP) is 5.90. The first kappa shape index (κ1) is 24.2. The third-order valence-electron chi connectivity index (χ3n) is 4.71. The van der Waals surface area contributed by atoms with Crippen molar-refractivity contribution < 1.29 is 23.0 Å². The summed E-state index contributed by atoms with van der Waals surface area (Å²) in [4.78, 5) is 7.75. The Hall–Kier alpha value is -2.43. The van der Waals surface area contributed by atoms with Gasteiger partial charge in [0, 0.05) is 18.4 Å². The normalized spacial score (nSPS) is 13.7. The summed E-state index contributed by atoms with van der Waals surface area (Å²) in [5.74, 6) is 0.835. The molecule has 0 radical (unpaired) electrons. The first-order valence-electron chi connectivity index (χ1n) is 9.78. The number of benzene rings is 2. The van der Waals surface area contributed by atoms with E-state index in [9.17, 15) is 18.3 Å². The van der Waals surface area contributed by atoms with Gasteiger partial charge in [-0.2, -0.15) is 30.8 Å². The number of hydrogen-bond acceptors (Lipinski definition) is 7. The highest BCUT2D eigenvalue weighted by atomic mass is 35.5. The van der Waals surface area contributed by atoms with Gasteiger partial charge in [-0.25, -0.2) is 4.98 Å². The molecule has 0 fully saturated rings. The number of hydrogen-bond donors (Lipinski definition) is 4. The molecule has 0 aliphatic heterocycles. The molecule has 3 rings (SSSR count). The van der Waals surface area contributed by atoms with Gasteiger partial charge < -0.3 is 20.9 Å². The van der Waals surface area contributed by atoms with Crippen LogP contribution >= 0.6 is 24.2 Å². The van der Waals surface area contributed by atoms with Gasteiger partial charge in [0.1, 0.15) is 17.3 Å². The fraction of sp³-hybridized carbons (Fsp3) is 0.333. The number of nitrogens with two attached hydrogens (primary N) is 1. The number of ether oxygens (including phenoxy) is 1. The predicted molar refractivity (Wildman–Crippen MR) is 122 cm³/mol. The van der Waals surface area contributed by atoms with E-state index in [1.165, 1.54) is 0 Å². The van der Waals surface area contributed by atoms with E-state index in [2.05, 4.69) is 27.9 Å². The Morgan fingerprint density at radius 3 is 2.53 bits per heavy atom. The van der Waals surface area contributed by atoms with Gasteiger partial charge in [0.25, 0.3) is 0 Å². The Bertz CT molecular complexity index is 1110. The lowest BCUT2D eigenvalue weighted by molar-refractivity contribution is -0.137. The molecule has 4 N–H and O–H groups in total.